The topological polar surface area (TPSA) is 21.3 Å². The van der Waals surface area contributed by atoms with Crippen molar-refractivity contribution in [1.82, 2.24) is 4.57 Å². The lowest BCUT2D eigenvalue weighted by Gasteiger charge is -2.28. The van der Waals surface area contributed by atoms with E-state index in [-0.39, 0.29) is 0 Å². The quantitative estimate of drug-likeness (QED) is 0.163. The molecule has 11 rings (SSSR count). The van der Waals surface area contributed by atoms with Gasteiger partial charge in [-0.3, -0.25) is 0 Å². The molecule has 3 nitrogen and oxygen atoms in total. The van der Waals surface area contributed by atoms with Gasteiger partial charge in [-0.15, -0.1) is 0 Å². The molecule has 0 saturated heterocycles. The molecule has 0 aliphatic heterocycles. The molecule has 0 atom stereocenters. The minimum atomic E-state index is 0.898. The smallest absolute Gasteiger partial charge is 0.143 e. The highest BCUT2D eigenvalue weighted by molar-refractivity contribution is 6.11. The Bertz CT molecular complexity index is 3190. The molecule has 268 valence electrons. The number of hydrogen-bond donors (Lipinski definition) is 0. The van der Waals surface area contributed by atoms with Gasteiger partial charge < -0.3 is 13.9 Å². The Hall–Kier alpha value is -7.62. The average molecular weight is 729 g/mol. The minimum absolute atomic E-state index is 0.898. The number of anilines is 3. The first-order valence-corrected chi connectivity index (χ1v) is 19.4. The van der Waals surface area contributed by atoms with Crippen LogP contribution in [0.15, 0.2) is 223 Å². The van der Waals surface area contributed by atoms with E-state index < -0.39 is 0 Å². The van der Waals surface area contributed by atoms with Crippen LogP contribution in [-0.2, 0) is 0 Å². The molecule has 0 saturated carbocycles. The third-order valence-electron chi connectivity index (χ3n) is 11.2. The molecule has 2 aromatic heterocycles. The molecular formula is C54H36N2O. The van der Waals surface area contributed by atoms with Gasteiger partial charge in [-0.25, -0.2) is 0 Å². The maximum Gasteiger partial charge on any atom is 0.143 e. The molecule has 0 radical (unpaired) electrons. The monoisotopic (exact) mass is 728 g/mol. The summed E-state index contributed by atoms with van der Waals surface area (Å²) in [4.78, 5) is 2.38. The van der Waals surface area contributed by atoms with Crippen LogP contribution in [-0.4, -0.2) is 4.57 Å². The Morgan fingerprint density at radius 3 is 1.70 bits per heavy atom. The summed E-state index contributed by atoms with van der Waals surface area (Å²) in [6, 6.07) is 78.1. The number of hydrogen-bond acceptors (Lipinski definition) is 2. The van der Waals surface area contributed by atoms with Crippen LogP contribution in [0.5, 0.6) is 0 Å². The normalized spacial score (nSPS) is 11.5. The second-order valence-electron chi connectivity index (χ2n) is 14.5. The van der Waals surface area contributed by atoms with Crippen molar-refractivity contribution in [2.75, 3.05) is 4.90 Å². The molecule has 9 aromatic carbocycles. The molecule has 0 N–H and O–H groups in total. The van der Waals surface area contributed by atoms with E-state index in [2.05, 4.69) is 216 Å². The third-order valence-corrected chi connectivity index (χ3v) is 11.2. The maximum atomic E-state index is 6.51. The number of para-hydroxylation sites is 6. The summed E-state index contributed by atoms with van der Waals surface area (Å²) in [5, 5.41) is 4.76. The molecule has 0 bridgehead atoms. The predicted molar refractivity (Wildman–Crippen MR) is 239 cm³/mol. The van der Waals surface area contributed by atoms with Crippen molar-refractivity contribution in [3.8, 4) is 39.1 Å². The Kier molecular flexibility index (Phi) is 7.82. The SMILES string of the molecule is c1ccc(-c2ccccc2N(c2ccc(-c3ccccc3-n3c4ccccc4c4ccccc43)cc2)c2cccc(-c3cccc4c3oc3ccccc34)c2)cc1. The lowest BCUT2D eigenvalue weighted by atomic mass is 9.99. The zero-order valence-corrected chi connectivity index (χ0v) is 31.1. The van der Waals surface area contributed by atoms with Gasteiger partial charge in [0.25, 0.3) is 0 Å². The van der Waals surface area contributed by atoms with Gasteiger partial charge in [-0.05, 0) is 71.3 Å². The van der Waals surface area contributed by atoms with Gasteiger partial charge in [0.1, 0.15) is 11.2 Å². The van der Waals surface area contributed by atoms with E-state index >= 15 is 0 Å². The van der Waals surface area contributed by atoms with Crippen molar-refractivity contribution in [2.24, 2.45) is 0 Å². The van der Waals surface area contributed by atoms with E-state index in [1.165, 1.54) is 27.4 Å². The van der Waals surface area contributed by atoms with Crippen LogP contribution >= 0.6 is 0 Å². The fourth-order valence-corrected chi connectivity index (χ4v) is 8.63. The lowest BCUT2D eigenvalue weighted by Crippen LogP contribution is -2.11. The fraction of sp³-hybridized carbons (Fsp3) is 0. The van der Waals surface area contributed by atoms with Crippen LogP contribution in [0.25, 0.3) is 82.8 Å². The predicted octanol–water partition coefficient (Wildman–Crippen LogP) is 15.2. The summed E-state index contributed by atoms with van der Waals surface area (Å²) in [7, 11) is 0. The van der Waals surface area contributed by atoms with Gasteiger partial charge >= 0.3 is 0 Å². The second kappa shape index (κ2) is 13.6. The van der Waals surface area contributed by atoms with E-state index in [4.69, 9.17) is 4.42 Å². The molecule has 0 unspecified atom stereocenters. The first-order chi connectivity index (χ1) is 28.3. The van der Waals surface area contributed by atoms with E-state index in [0.717, 1.165) is 72.5 Å². The molecule has 2 heterocycles. The van der Waals surface area contributed by atoms with Gasteiger partial charge in [0.2, 0.25) is 0 Å². The number of fused-ring (bicyclic) bond motifs is 6. The Morgan fingerprint density at radius 2 is 0.912 bits per heavy atom. The van der Waals surface area contributed by atoms with Crippen LogP contribution in [0.4, 0.5) is 17.1 Å². The van der Waals surface area contributed by atoms with Crippen LogP contribution in [0.2, 0.25) is 0 Å². The number of furan rings is 1. The first-order valence-electron chi connectivity index (χ1n) is 19.4. The van der Waals surface area contributed by atoms with Crippen molar-refractivity contribution >= 4 is 60.8 Å². The summed E-state index contributed by atoms with van der Waals surface area (Å²) >= 11 is 0. The highest BCUT2D eigenvalue weighted by Crippen LogP contribution is 2.44. The largest absolute Gasteiger partial charge is 0.455 e. The summed E-state index contributed by atoms with van der Waals surface area (Å²) in [6.45, 7) is 0. The maximum absolute atomic E-state index is 6.51. The van der Waals surface area contributed by atoms with Crippen LogP contribution in [0, 0.1) is 0 Å². The Labute approximate surface area is 330 Å². The summed E-state index contributed by atoms with van der Waals surface area (Å²) in [5.41, 5.74) is 15.4. The van der Waals surface area contributed by atoms with Crippen LogP contribution in [0.1, 0.15) is 0 Å². The van der Waals surface area contributed by atoms with Gasteiger partial charge in [0, 0.05) is 49.6 Å². The van der Waals surface area contributed by atoms with Crippen molar-refractivity contribution in [1.29, 1.82) is 0 Å². The van der Waals surface area contributed by atoms with Crippen LogP contribution < -0.4 is 4.90 Å². The highest BCUT2D eigenvalue weighted by atomic mass is 16.3. The molecule has 11 aromatic rings. The number of benzene rings is 9. The van der Waals surface area contributed by atoms with Crippen LogP contribution in [0.3, 0.4) is 0 Å². The number of rotatable bonds is 7. The van der Waals surface area contributed by atoms with E-state index in [1.54, 1.807) is 0 Å². The van der Waals surface area contributed by atoms with Crippen molar-refractivity contribution < 1.29 is 4.42 Å². The summed E-state index contributed by atoms with van der Waals surface area (Å²) < 4.78 is 8.92. The molecule has 0 amide bonds. The Balaban J connectivity index is 1.07. The molecule has 3 heteroatoms. The molecule has 0 fully saturated rings. The molecule has 0 spiro atoms. The van der Waals surface area contributed by atoms with E-state index in [0.29, 0.717) is 0 Å². The summed E-state index contributed by atoms with van der Waals surface area (Å²) in [5.74, 6) is 0. The highest BCUT2D eigenvalue weighted by Gasteiger charge is 2.20. The fourth-order valence-electron chi connectivity index (χ4n) is 8.63. The van der Waals surface area contributed by atoms with Gasteiger partial charge in [0.05, 0.1) is 22.4 Å². The second-order valence-corrected chi connectivity index (χ2v) is 14.5. The molecule has 57 heavy (non-hydrogen) atoms. The van der Waals surface area contributed by atoms with Crippen molar-refractivity contribution in [3.05, 3.63) is 218 Å². The van der Waals surface area contributed by atoms with E-state index in [1.807, 2.05) is 12.1 Å². The lowest BCUT2D eigenvalue weighted by molar-refractivity contribution is 0.670. The molecule has 0 aliphatic carbocycles. The standard InChI is InChI=1S/C54H36N2O/c1-2-16-37(17-3-1)42-20-4-9-27-49(42)55(41-19-14-18-39(36-41)44-25-15-26-48-47-24-8-13-31-53(47)57-54(44)48)40-34-32-38(33-35-40)43-21-5-10-28-50(43)56-51-29-11-6-22-45(51)46-23-7-12-30-52(46)56/h1-36H. The zero-order chi connectivity index (χ0) is 37.7. The number of aromatic nitrogens is 1. The number of nitrogens with zero attached hydrogens (tertiary/aromatic N) is 2. The third kappa shape index (κ3) is 5.51. The first kappa shape index (κ1) is 32.8. The van der Waals surface area contributed by atoms with Gasteiger partial charge in [-0.1, -0.05) is 164 Å². The molecular weight excluding hydrogens is 693 g/mol. The van der Waals surface area contributed by atoms with Gasteiger partial charge in [-0.2, -0.15) is 0 Å². The van der Waals surface area contributed by atoms with Crippen molar-refractivity contribution in [2.45, 2.75) is 0 Å². The van der Waals surface area contributed by atoms with Crippen molar-refractivity contribution in [3.63, 3.8) is 0 Å². The molecule has 0 aliphatic rings. The summed E-state index contributed by atoms with van der Waals surface area (Å²) in [6.07, 6.45) is 0. The Morgan fingerprint density at radius 1 is 0.351 bits per heavy atom. The van der Waals surface area contributed by atoms with E-state index in [9.17, 15) is 0 Å². The van der Waals surface area contributed by atoms with Gasteiger partial charge in [0.15, 0.2) is 0 Å². The average Bonchev–Trinajstić information content (AvgIpc) is 3.83. The minimum Gasteiger partial charge on any atom is -0.455 e. The zero-order valence-electron chi connectivity index (χ0n) is 31.1.